The molecule has 2 aromatic carbocycles. The number of anilines is 2. The fraction of sp³-hybridized carbons (Fsp3) is 0.321. The number of fused-ring (bicyclic) bond motifs is 1. The number of hydrogen-bond donors (Lipinski definition) is 3. The largest absolute Gasteiger partial charge is 0.437 e. The first kappa shape index (κ1) is 34.0. The smallest absolute Gasteiger partial charge is 0.402 e. The van der Waals surface area contributed by atoms with Crippen molar-refractivity contribution in [2.75, 3.05) is 36.7 Å². The maximum atomic E-state index is 15.0. The Morgan fingerprint density at radius 2 is 1.82 bits per heavy atom. The molecule has 0 spiro atoms. The zero-order valence-corrected chi connectivity index (χ0v) is 25.5. The lowest BCUT2D eigenvalue weighted by Crippen LogP contribution is -2.44. The van der Waals surface area contributed by atoms with E-state index in [1.807, 2.05) is 4.72 Å². The Hall–Kier alpha value is -3.86. The minimum absolute atomic E-state index is 0. The van der Waals surface area contributed by atoms with E-state index in [1.165, 1.54) is 24.5 Å². The van der Waals surface area contributed by atoms with E-state index < -0.39 is 40.6 Å². The summed E-state index contributed by atoms with van der Waals surface area (Å²) < 4.78 is 101. The van der Waals surface area contributed by atoms with E-state index >= 15 is 0 Å². The third-order valence-corrected chi connectivity index (χ3v) is 8.28. The Morgan fingerprint density at radius 3 is 2.56 bits per heavy atom. The van der Waals surface area contributed by atoms with Crippen molar-refractivity contribution in [2.45, 2.75) is 31.7 Å². The molecular formula is C28H29ClF5N7O3S. The molecule has 0 amide bonds. The van der Waals surface area contributed by atoms with Gasteiger partial charge in [0.15, 0.2) is 0 Å². The number of ether oxygens (including phenoxy) is 1. The molecule has 2 aromatic heterocycles. The molecule has 3 heterocycles. The Labute approximate surface area is 262 Å². The lowest BCUT2D eigenvalue weighted by Gasteiger charge is -2.26. The number of piperidine rings is 1. The van der Waals surface area contributed by atoms with E-state index in [-0.39, 0.29) is 57.6 Å². The monoisotopic (exact) mass is 673 g/mol. The van der Waals surface area contributed by atoms with Crippen LogP contribution in [0.3, 0.4) is 0 Å². The highest BCUT2D eigenvalue weighted by Crippen LogP contribution is 2.40. The molecule has 10 nitrogen and oxygen atoms in total. The quantitative estimate of drug-likeness (QED) is 0.196. The minimum atomic E-state index is -4.80. The summed E-state index contributed by atoms with van der Waals surface area (Å²) in [6.45, 7) is 0.786. The molecule has 0 radical (unpaired) electrons. The Morgan fingerprint density at radius 1 is 1.07 bits per heavy atom. The molecule has 0 aliphatic carbocycles. The number of pyridine rings is 1. The van der Waals surface area contributed by atoms with Gasteiger partial charge in [-0.15, -0.1) is 12.4 Å². The van der Waals surface area contributed by atoms with Crippen molar-refractivity contribution in [2.24, 2.45) is 0 Å². The Balaban J connectivity index is 0.00000461. The number of nitrogens with one attached hydrogen (secondary N) is 3. The fourth-order valence-corrected chi connectivity index (χ4v) is 5.71. The molecule has 0 saturated carbocycles. The number of halogens is 6. The van der Waals surface area contributed by atoms with Crippen LogP contribution in [0.2, 0.25) is 0 Å². The molecule has 17 heteroatoms. The molecule has 1 aliphatic rings. The van der Waals surface area contributed by atoms with Gasteiger partial charge in [-0.25, -0.2) is 23.7 Å². The van der Waals surface area contributed by atoms with Gasteiger partial charge in [-0.3, -0.25) is 4.72 Å². The first-order chi connectivity index (χ1) is 20.8. The minimum Gasteiger partial charge on any atom is -0.437 e. The van der Waals surface area contributed by atoms with Crippen molar-refractivity contribution in [3.8, 4) is 22.9 Å². The van der Waals surface area contributed by atoms with Gasteiger partial charge in [0.1, 0.15) is 24.3 Å². The van der Waals surface area contributed by atoms with Crippen LogP contribution in [0.15, 0.2) is 54.9 Å². The molecule has 0 bridgehead atoms. The number of aromatic nitrogens is 3. The molecule has 4 aromatic rings. The van der Waals surface area contributed by atoms with Crippen LogP contribution in [0.25, 0.3) is 22.0 Å². The molecule has 5 rings (SSSR count). The molecule has 3 N–H and O–H groups in total. The number of aryl methyl sites for hydroxylation is 1. The molecule has 1 fully saturated rings. The predicted molar refractivity (Wildman–Crippen MR) is 162 cm³/mol. The number of rotatable bonds is 9. The van der Waals surface area contributed by atoms with Gasteiger partial charge in [-0.1, -0.05) is 12.1 Å². The van der Waals surface area contributed by atoms with Crippen LogP contribution in [0.4, 0.5) is 33.6 Å². The third-order valence-electron chi connectivity index (χ3n) is 6.87. The van der Waals surface area contributed by atoms with E-state index in [4.69, 9.17) is 4.74 Å². The highest BCUT2D eigenvalue weighted by molar-refractivity contribution is 7.90. The van der Waals surface area contributed by atoms with Crippen molar-refractivity contribution >= 4 is 45.0 Å². The number of nitrogens with zero attached hydrogens (tertiary/aromatic N) is 4. The molecule has 1 saturated heterocycles. The molecular weight excluding hydrogens is 645 g/mol. The van der Waals surface area contributed by atoms with Crippen LogP contribution in [0.5, 0.6) is 11.6 Å². The highest BCUT2D eigenvalue weighted by atomic mass is 35.5. The van der Waals surface area contributed by atoms with E-state index in [0.717, 1.165) is 13.1 Å². The van der Waals surface area contributed by atoms with E-state index in [1.54, 1.807) is 31.2 Å². The second-order valence-corrected chi connectivity index (χ2v) is 12.0. The van der Waals surface area contributed by atoms with Crippen molar-refractivity contribution in [1.82, 2.24) is 24.6 Å². The Bertz CT molecular complexity index is 1780. The highest BCUT2D eigenvalue weighted by Gasteiger charge is 2.34. The van der Waals surface area contributed by atoms with Crippen LogP contribution in [-0.4, -0.2) is 72.7 Å². The number of benzene rings is 2. The van der Waals surface area contributed by atoms with E-state index in [9.17, 15) is 30.4 Å². The van der Waals surface area contributed by atoms with Crippen LogP contribution >= 0.6 is 12.4 Å². The van der Waals surface area contributed by atoms with Crippen LogP contribution < -0.4 is 20.1 Å². The summed E-state index contributed by atoms with van der Waals surface area (Å²) in [5, 5.41) is 6.46. The maximum Gasteiger partial charge on any atom is 0.402 e. The average Bonchev–Trinajstić information content (AvgIpc) is 2.95. The lowest BCUT2D eigenvalue weighted by molar-refractivity contribution is -0.134. The van der Waals surface area contributed by atoms with Gasteiger partial charge >= 0.3 is 16.4 Å². The molecule has 2 atom stereocenters. The van der Waals surface area contributed by atoms with Gasteiger partial charge in [-0.05, 0) is 42.8 Å². The molecule has 45 heavy (non-hydrogen) atoms. The van der Waals surface area contributed by atoms with Crippen LogP contribution in [-0.2, 0) is 10.2 Å². The zero-order chi connectivity index (χ0) is 31.6. The van der Waals surface area contributed by atoms with Crippen LogP contribution in [0, 0.1) is 12.7 Å². The molecule has 2 unspecified atom stereocenters. The van der Waals surface area contributed by atoms with Gasteiger partial charge < -0.3 is 15.4 Å². The zero-order valence-electron chi connectivity index (χ0n) is 23.9. The van der Waals surface area contributed by atoms with E-state index in [2.05, 4.69) is 25.6 Å². The normalized spacial score (nSPS) is 17.2. The SMILES string of the molecule is Cc1ccc2c(NS(=O)(=O)N(C)CC(F)(F)F)c(F)ccc2c1Oc1ncccc1-c1ccnc(NC2CNCC(F)C2)n1.Cl. The summed E-state index contributed by atoms with van der Waals surface area (Å²) in [4.78, 5) is 13.1. The van der Waals surface area contributed by atoms with E-state index in [0.29, 0.717) is 29.8 Å². The first-order valence-electron chi connectivity index (χ1n) is 13.4. The summed E-state index contributed by atoms with van der Waals surface area (Å²) in [5.41, 5.74) is 0.953. The first-order valence-corrected chi connectivity index (χ1v) is 14.8. The van der Waals surface area contributed by atoms with Crippen LogP contribution in [0.1, 0.15) is 12.0 Å². The molecule has 1 aliphatic heterocycles. The van der Waals surface area contributed by atoms with Gasteiger partial charge in [0.05, 0.1) is 16.9 Å². The molecule has 242 valence electrons. The summed E-state index contributed by atoms with van der Waals surface area (Å²) in [5.74, 6) is -0.390. The van der Waals surface area contributed by atoms with Gasteiger partial charge in [0.25, 0.3) is 0 Å². The van der Waals surface area contributed by atoms with Gasteiger partial charge in [-0.2, -0.15) is 25.9 Å². The number of hydrogen-bond acceptors (Lipinski definition) is 8. The lowest BCUT2D eigenvalue weighted by atomic mass is 10.0. The predicted octanol–water partition coefficient (Wildman–Crippen LogP) is 5.62. The fourth-order valence-electron chi connectivity index (χ4n) is 4.77. The average molecular weight is 674 g/mol. The maximum absolute atomic E-state index is 15.0. The standard InChI is InChI=1S/C28H28F5N7O3S.ClH/c1-16-5-6-19-20(7-8-22(30)24(19)39-44(41,42)40(2)15-28(31,32)33)25(16)43-26-21(4-3-10-35-26)23-9-11-36-27(38-23)37-18-12-17(29)13-34-14-18;/h3-11,17-18,34,39H,12-15H2,1-2H3,(H,36,37,38);1H. The third kappa shape index (κ3) is 8.06. The summed E-state index contributed by atoms with van der Waals surface area (Å²) >= 11 is 0. The Kier molecular flexibility index (Phi) is 10.3. The van der Waals surface area contributed by atoms with Crippen molar-refractivity contribution < 1.29 is 35.1 Å². The summed E-state index contributed by atoms with van der Waals surface area (Å²) in [6, 6.07) is 10.2. The topological polar surface area (TPSA) is 121 Å². The van der Waals surface area contributed by atoms with Crippen molar-refractivity contribution in [1.29, 1.82) is 0 Å². The van der Waals surface area contributed by atoms with Crippen molar-refractivity contribution in [3.05, 3.63) is 66.2 Å². The van der Waals surface area contributed by atoms with Gasteiger partial charge in [0.2, 0.25) is 11.8 Å². The van der Waals surface area contributed by atoms with Gasteiger partial charge in [0, 0.05) is 55.8 Å². The summed E-state index contributed by atoms with van der Waals surface area (Å²) in [7, 11) is -4.04. The number of alkyl halides is 4. The second-order valence-electron chi connectivity index (χ2n) is 10.3. The summed E-state index contributed by atoms with van der Waals surface area (Å²) in [6.07, 6.45) is -2.46. The van der Waals surface area contributed by atoms with Crippen molar-refractivity contribution in [3.63, 3.8) is 0 Å². The second kappa shape index (κ2) is 13.6.